The number of hydrogen-bond acceptors (Lipinski definition) is 7. The van der Waals surface area contributed by atoms with Crippen molar-refractivity contribution in [1.29, 1.82) is 0 Å². The molecule has 7 nitrogen and oxygen atoms in total. The molecule has 3 aromatic rings. The first-order valence-electron chi connectivity index (χ1n) is 8.75. The molecule has 26 heavy (non-hydrogen) atoms. The molecule has 1 N–H and O–H groups in total. The first-order valence-corrected chi connectivity index (χ1v) is 8.75. The molecule has 1 saturated heterocycles. The lowest BCUT2D eigenvalue weighted by Gasteiger charge is -2.16. The van der Waals surface area contributed by atoms with E-state index in [1.165, 1.54) is 0 Å². The van der Waals surface area contributed by atoms with Crippen LogP contribution in [0.3, 0.4) is 0 Å². The molecule has 0 spiro atoms. The van der Waals surface area contributed by atoms with E-state index in [9.17, 15) is 0 Å². The van der Waals surface area contributed by atoms with Crippen molar-refractivity contribution >= 4 is 17.6 Å². The van der Waals surface area contributed by atoms with Crippen LogP contribution >= 0.6 is 0 Å². The van der Waals surface area contributed by atoms with Crippen LogP contribution in [0, 0.1) is 13.8 Å². The van der Waals surface area contributed by atoms with E-state index >= 15 is 0 Å². The fourth-order valence-corrected chi connectivity index (χ4v) is 3.18. The SMILES string of the molecule is Cc1cc(Nc2ncccc2C)nc([C@H]2CCN(c3ncccn3)C2)n1. The van der Waals surface area contributed by atoms with Crippen molar-refractivity contribution in [3.63, 3.8) is 0 Å². The summed E-state index contributed by atoms with van der Waals surface area (Å²) < 4.78 is 0. The molecule has 1 fully saturated rings. The van der Waals surface area contributed by atoms with Crippen LogP contribution in [0.4, 0.5) is 17.6 Å². The number of rotatable bonds is 4. The summed E-state index contributed by atoms with van der Waals surface area (Å²) in [5, 5.41) is 3.32. The smallest absolute Gasteiger partial charge is 0.225 e. The Balaban J connectivity index is 1.54. The van der Waals surface area contributed by atoms with Crippen molar-refractivity contribution < 1.29 is 0 Å². The second-order valence-corrected chi connectivity index (χ2v) is 6.53. The van der Waals surface area contributed by atoms with Gasteiger partial charge in [-0.05, 0) is 38.0 Å². The molecule has 0 unspecified atom stereocenters. The lowest BCUT2D eigenvalue weighted by Crippen LogP contribution is -2.22. The molecular weight excluding hydrogens is 326 g/mol. The minimum absolute atomic E-state index is 0.268. The Morgan fingerprint density at radius 1 is 1.04 bits per heavy atom. The Hall–Kier alpha value is -3.09. The monoisotopic (exact) mass is 347 g/mol. The maximum Gasteiger partial charge on any atom is 0.225 e. The van der Waals surface area contributed by atoms with Gasteiger partial charge < -0.3 is 10.2 Å². The van der Waals surface area contributed by atoms with E-state index in [0.717, 1.165) is 54.2 Å². The molecule has 1 aliphatic rings. The third kappa shape index (κ3) is 3.46. The molecule has 0 amide bonds. The molecule has 1 atom stereocenters. The van der Waals surface area contributed by atoms with E-state index in [1.807, 2.05) is 38.1 Å². The predicted octanol–water partition coefficient (Wildman–Crippen LogP) is 3.02. The second kappa shape index (κ2) is 7.03. The van der Waals surface area contributed by atoms with Crippen LogP contribution in [0.15, 0.2) is 42.9 Å². The number of hydrogen-bond donors (Lipinski definition) is 1. The lowest BCUT2D eigenvalue weighted by atomic mass is 10.1. The molecule has 3 aromatic heterocycles. The van der Waals surface area contributed by atoms with Gasteiger partial charge >= 0.3 is 0 Å². The van der Waals surface area contributed by atoms with Crippen LogP contribution in [0.5, 0.6) is 0 Å². The largest absolute Gasteiger partial charge is 0.340 e. The van der Waals surface area contributed by atoms with Crippen LogP contribution in [0.25, 0.3) is 0 Å². The average Bonchev–Trinajstić information content (AvgIpc) is 3.14. The van der Waals surface area contributed by atoms with E-state index < -0.39 is 0 Å². The molecule has 0 aromatic carbocycles. The van der Waals surface area contributed by atoms with Crippen LogP contribution in [0.2, 0.25) is 0 Å². The molecule has 4 heterocycles. The molecule has 0 saturated carbocycles. The number of aromatic nitrogens is 5. The van der Waals surface area contributed by atoms with Crippen LogP contribution in [-0.2, 0) is 0 Å². The zero-order valence-electron chi connectivity index (χ0n) is 14.9. The molecule has 0 radical (unpaired) electrons. The lowest BCUT2D eigenvalue weighted by molar-refractivity contribution is 0.704. The standard InChI is InChI=1S/C19H21N7/c1-13-5-3-7-20-17(13)24-16-11-14(2)23-18(25-16)15-6-10-26(12-15)19-21-8-4-9-22-19/h3-5,7-9,11,15H,6,10,12H2,1-2H3,(H,20,23,24,25)/t15-/m0/s1. The summed E-state index contributed by atoms with van der Waals surface area (Å²) in [5.74, 6) is 3.50. The van der Waals surface area contributed by atoms with E-state index in [0.29, 0.717) is 0 Å². The Morgan fingerprint density at radius 2 is 1.85 bits per heavy atom. The van der Waals surface area contributed by atoms with Crippen molar-refractivity contribution in [3.8, 4) is 0 Å². The molecule has 7 heteroatoms. The highest BCUT2D eigenvalue weighted by atomic mass is 15.3. The maximum absolute atomic E-state index is 4.75. The highest BCUT2D eigenvalue weighted by Gasteiger charge is 2.28. The van der Waals surface area contributed by atoms with Gasteiger partial charge in [-0.1, -0.05) is 6.07 Å². The number of aryl methyl sites for hydroxylation is 2. The molecule has 0 aliphatic carbocycles. The first-order chi connectivity index (χ1) is 12.7. The number of pyridine rings is 1. The zero-order chi connectivity index (χ0) is 17.9. The summed E-state index contributed by atoms with van der Waals surface area (Å²) >= 11 is 0. The van der Waals surface area contributed by atoms with Gasteiger partial charge in [-0.3, -0.25) is 0 Å². The van der Waals surface area contributed by atoms with Gasteiger partial charge in [0.05, 0.1) is 0 Å². The molecule has 4 rings (SSSR count). The van der Waals surface area contributed by atoms with E-state index in [4.69, 9.17) is 4.98 Å². The summed E-state index contributed by atoms with van der Waals surface area (Å²) in [6.45, 7) is 5.76. The third-order valence-corrected chi connectivity index (χ3v) is 4.52. The number of anilines is 3. The quantitative estimate of drug-likeness (QED) is 0.777. The van der Waals surface area contributed by atoms with Crippen molar-refractivity contribution in [2.24, 2.45) is 0 Å². The summed E-state index contributed by atoms with van der Waals surface area (Å²) in [5.41, 5.74) is 2.03. The van der Waals surface area contributed by atoms with E-state index in [1.54, 1.807) is 18.6 Å². The van der Waals surface area contributed by atoms with Gasteiger partial charge in [-0.15, -0.1) is 0 Å². The van der Waals surface area contributed by atoms with Gasteiger partial charge in [0.1, 0.15) is 17.5 Å². The van der Waals surface area contributed by atoms with E-state index in [2.05, 4.69) is 30.2 Å². The summed E-state index contributed by atoms with van der Waals surface area (Å²) in [6, 6.07) is 7.73. The summed E-state index contributed by atoms with van der Waals surface area (Å²) in [4.78, 5) is 24.7. The van der Waals surface area contributed by atoms with Crippen molar-refractivity contribution in [3.05, 3.63) is 59.9 Å². The van der Waals surface area contributed by atoms with Gasteiger partial charge in [0.25, 0.3) is 0 Å². The van der Waals surface area contributed by atoms with Crippen molar-refractivity contribution in [1.82, 2.24) is 24.9 Å². The third-order valence-electron chi connectivity index (χ3n) is 4.52. The first kappa shape index (κ1) is 16.4. The summed E-state index contributed by atoms with van der Waals surface area (Å²) in [6.07, 6.45) is 6.31. The molecule has 1 aliphatic heterocycles. The van der Waals surface area contributed by atoms with Gasteiger partial charge in [0, 0.05) is 49.4 Å². The molecular formula is C19H21N7. The van der Waals surface area contributed by atoms with Crippen LogP contribution < -0.4 is 10.2 Å². The summed E-state index contributed by atoms with van der Waals surface area (Å²) in [7, 11) is 0. The van der Waals surface area contributed by atoms with E-state index in [-0.39, 0.29) is 5.92 Å². The Kier molecular flexibility index (Phi) is 4.43. The highest BCUT2D eigenvalue weighted by Crippen LogP contribution is 2.28. The van der Waals surface area contributed by atoms with Crippen molar-refractivity contribution in [2.45, 2.75) is 26.2 Å². The Morgan fingerprint density at radius 3 is 2.65 bits per heavy atom. The van der Waals surface area contributed by atoms with Crippen molar-refractivity contribution in [2.75, 3.05) is 23.3 Å². The van der Waals surface area contributed by atoms with Gasteiger partial charge in [-0.25, -0.2) is 24.9 Å². The number of nitrogens with one attached hydrogen (secondary N) is 1. The maximum atomic E-state index is 4.75. The normalized spacial score (nSPS) is 16.7. The second-order valence-electron chi connectivity index (χ2n) is 6.53. The Bertz CT molecular complexity index is 897. The fraction of sp³-hybridized carbons (Fsp3) is 0.316. The van der Waals surface area contributed by atoms with Crippen LogP contribution in [0.1, 0.15) is 29.4 Å². The fourth-order valence-electron chi connectivity index (χ4n) is 3.18. The minimum atomic E-state index is 0.268. The zero-order valence-corrected chi connectivity index (χ0v) is 14.9. The number of nitrogens with zero attached hydrogens (tertiary/aromatic N) is 6. The topological polar surface area (TPSA) is 79.7 Å². The van der Waals surface area contributed by atoms with Gasteiger partial charge in [-0.2, -0.15) is 0 Å². The minimum Gasteiger partial charge on any atom is -0.340 e. The molecule has 132 valence electrons. The van der Waals surface area contributed by atoms with Gasteiger partial charge in [0.2, 0.25) is 5.95 Å². The highest BCUT2D eigenvalue weighted by molar-refractivity contribution is 5.55. The Labute approximate surface area is 152 Å². The van der Waals surface area contributed by atoms with Gasteiger partial charge in [0.15, 0.2) is 0 Å². The average molecular weight is 347 g/mol. The van der Waals surface area contributed by atoms with Crippen LogP contribution in [-0.4, -0.2) is 38.0 Å². The molecule has 0 bridgehead atoms. The predicted molar refractivity (Wildman–Crippen MR) is 101 cm³/mol.